The topological polar surface area (TPSA) is 46.2 Å². The highest BCUT2D eigenvalue weighted by molar-refractivity contribution is 8.00. The van der Waals surface area contributed by atoms with E-state index in [0.717, 1.165) is 0 Å². The zero-order chi connectivity index (χ0) is 15.9. The molecule has 0 saturated carbocycles. The van der Waals surface area contributed by atoms with Crippen LogP contribution in [-0.4, -0.2) is 23.2 Å². The number of amides is 1. The monoisotopic (exact) mass is 337 g/mol. The van der Waals surface area contributed by atoms with Gasteiger partial charge in [-0.1, -0.05) is 11.6 Å². The van der Waals surface area contributed by atoms with Gasteiger partial charge in [-0.05, 0) is 48.5 Å². The van der Waals surface area contributed by atoms with Gasteiger partial charge in [0.15, 0.2) is 5.78 Å². The summed E-state index contributed by atoms with van der Waals surface area (Å²) >= 11 is 6.98. The van der Waals surface area contributed by atoms with Crippen LogP contribution in [0, 0.1) is 5.82 Å². The Hall–Kier alpha value is -1.85. The van der Waals surface area contributed by atoms with Crippen LogP contribution in [-0.2, 0) is 4.79 Å². The third-order valence-electron chi connectivity index (χ3n) is 2.76. The molecule has 0 aliphatic carbocycles. The van der Waals surface area contributed by atoms with E-state index in [0.29, 0.717) is 16.3 Å². The van der Waals surface area contributed by atoms with Gasteiger partial charge >= 0.3 is 0 Å². The van der Waals surface area contributed by atoms with Crippen molar-refractivity contribution in [3.05, 3.63) is 64.9 Å². The van der Waals surface area contributed by atoms with Gasteiger partial charge in [0, 0.05) is 16.3 Å². The number of rotatable bonds is 6. The Balaban J connectivity index is 1.75. The molecule has 0 unspecified atom stereocenters. The van der Waals surface area contributed by atoms with E-state index in [-0.39, 0.29) is 29.0 Å². The van der Waals surface area contributed by atoms with Crippen molar-refractivity contribution >= 4 is 40.7 Å². The number of benzene rings is 2. The molecule has 2 aromatic carbocycles. The van der Waals surface area contributed by atoms with Gasteiger partial charge in [-0.3, -0.25) is 9.59 Å². The summed E-state index contributed by atoms with van der Waals surface area (Å²) in [4.78, 5) is 23.6. The first kappa shape index (κ1) is 16.5. The lowest BCUT2D eigenvalue weighted by atomic mass is 10.1. The normalized spacial score (nSPS) is 10.3. The molecule has 1 amide bonds. The maximum absolute atomic E-state index is 12.7. The second kappa shape index (κ2) is 7.96. The van der Waals surface area contributed by atoms with E-state index in [2.05, 4.69) is 5.32 Å². The van der Waals surface area contributed by atoms with Gasteiger partial charge in [-0.25, -0.2) is 4.39 Å². The van der Waals surface area contributed by atoms with E-state index in [9.17, 15) is 14.0 Å². The van der Waals surface area contributed by atoms with E-state index < -0.39 is 0 Å². The van der Waals surface area contributed by atoms with Crippen LogP contribution in [0.1, 0.15) is 10.4 Å². The van der Waals surface area contributed by atoms with Crippen molar-refractivity contribution in [3.63, 3.8) is 0 Å². The highest BCUT2D eigenvalue weighted by atomic mass is 35.5. The molecule has 2 rings (SSSR count). The smallest absolute Gasteiger partial charge is 0.234 e. The largest absolute Gasteiger partial charge is 0.325 e. The summed E-state index contributed by atoms with van der Waals surface area (Å²) < 4.78 is 12.7. The molecule has 0 aliphatic heterocycles. The van der Waals surface area contributed by atoms with Gasteiger partial charge in [0.1, 0.15) is 5.82 Å². The lowest BCUT2D eigenvalue weighted by Crippen LogP contribution is -2.15. The van der Waals surface area contributed by atoms with Crippen molar-refractivity contribution in [1.82, 2.24) is 0 Å². The second-order valence-electron chi connectivity index (χ2n) is 4.48. The molecule has 0 bridgehead atoms. The average molecular weight is 338 g/mol. The van der Waals surface area contributed by atoms with Crippen LogP contribution in [0.4, 0.5) is 10.1 Å². The maximum atomic E-state index is 12.7. The zero-order valence-corrected chi connectivity index (χ0v) is 13.1. The minimum Gasteiger partial charge on any atom is -0.325 e. The fourth-order valence-electron chi connectivity index (χ4n) is 1.69. The van der Waals surface area contributed by atoms with Crippen LogP contribution >= 0.6 is 23.4 Å². The SMILES string of the molecule is O=C(CSCC(=O)c1ccc(Cl)cc1)Nc1ccc(F)cc1. The van der Waals surface area contributed by atoms with Crippen LogP contribution in [0.25, 0.3) is 0 Å². The minimum atomic E-state index is -0.360. The van der Waals surface area contributed by atoms with Crippen LogP contribution in [0.2, 0.25) is 5.02 Å². The first-order valence-electron chi connectivity index (χ1n) is 6.46. The van der Waals surface area contributed by atoms with Crippen molar-refractivity contribution in [1.29, 1.82) is 0 Å². The number of nitrogens with one attached hydrogen (secondary N) is 1. The molecule has 0 saturated heterocycles. The predicted molar refractivity (Wildman–Crippen MR) is 88.1 cm³/mol. The van der Waals surface area contributed by atoms with Crippen LogP contribution in [0.15, 0.2) is 48.5 Å². The Morgan fingerprint density at radius 2 is 1.64 bits per heavy atom. The molecular weight excluding hydrogens is 325 g/mol. The van der Waals surface area contributed by atoms with Gasteiger partial charge in [-0.15, -0.1) is 11.8 Å². The summed E-state index contributed by atoms with van der Waals surface area (Å²) in [7, 11) is 0. The van der Waals surface area contributed by atoms with Gasteiger partial charge < -0.3 is 5.32 Å². The number of Topliss-reactive ketones (excluding diaryl/α,β-unsaturated/α-hetero) is 1. The zero-order valence-electron chi connectivity index (χ0n) is 11.5. The van der Waals surface area contributed by atoms with E-state index >= 15 is 0 Å². The van der Waals surface area contributed by atoms with E-state index in [1.54, 1.807) is 24.3 Å². The van der Waals surface area contributed by atoms with E-state index in [1.807, 2.05) is 0 Å². The Morgan fingerprint density at radius 3 is 2.27 bits per heavy atom. The molecule has 6 heteroatoms. The Kier molecular flexibility index (Phi) is 5.98. The van der Waals surface area contributed by atoms with E-state index in [4.69, 9.17) is 11.6 Å². The number of thioether (sulfide) groups is 1. The van der Waals surface area contributed by atoms with Gasteiger partial charge in [0.05, 0.1) is 11.5 Å². The number of halogens is 2. The quantitative estimate of drug-likeness (QED) is 0.809. The van der Waals surface area contributed by atoms with Gasteiger partial charge in [0.2, 0.25) is 5.91 Å². The third-order valence-corrected chi connectivity index (χ3v) is 3.95. The molecule has 22 heavy (non-hydrogen) atoms. The van der Waals surface area contributed by atoms with Crippen molar-refractivity contribution in [2.75, 3.05) is 16.8 Å². The summed E-state index contributed by atoms with van der Waals surface area (Å²) in [5.41, 5.74) is 1.09. The fraction of sp³-hybridized carbons (Fsp3) is 0.125. The summed E-state index contributed by atoms with van der Waals surface area (Å²) in [6.45, 7) is 0. The summed E-state index contributed by atoms with van der Waals surface area (Å²) in [5.74, 6) is -0.299. The third kappa shape index (κ3) is 5.16. The molecule has 0 fully saturated rings. The molecule has 0 atom stereocenters. The summed E-state index contributed by atoms with van der Waals surface area (Å²) in [6, 6.07) is 12.1. The number of carbonyl (C=O) groups is 2. The molecule has 0 spiro atoms. The standard InChI is InChI=1S/C16H13ClFNO2S/c17-12-3-1-11(2-4-12)15(20)9-22-10-16(21)19-14-7-5-13(18)6-8-14/h1-8H,9-10H2,(H,19,21). The summed E-state index contributed by atoms with van der Waals surface area (Å²) in [5, 5.41) is 3.21. The van der Waals surface area contributed by atoms with Crippen LogP contribution < -0.4 is 5.32 Å². The number of hydrogen-bond donors (Lipinski definition) is 1. The van der Waals surface area contributed by atoms with Gasteiger partial charge in [0.25, 0.3) is 0 Å². The van der Waals surface area contributed by atoms with E-state index in [1.165, 1.54) is 36.0 Å². The Bertz CT molecular complexity index is 659. The second-order valence-corrected chi connectivity index (χ2v) is 5.90. The number of hydrogen-bond acceptors (Lipinski definition) is 3. The average Bonchev–Trinajstić information content (AvgIpc) is 2.50. The molecule has 0 radical (unpaired) electrons. The Morgan fingerprint density at radius 1 is 1.00 bits per heavy atom. The predicted octanol–water partition coefficient (Wildman–Crippen LogP) is 4.03. The van der Waals surface area contributed by atoms with Crippen molar-refractivity contribution in [2.24, 2.45) is 0 Å². The van der Waals surface area contributed by atoms with Crippen LogP contribution in [0.3, 0.4) is 0 Å². The fourth-order valence-corrected chi connectivity index (χ4v) is 2.52. The molecule has 114 valence electrons. The molecular formula is C16H13ClFNO2S. The minimum absolute atomic E-state index is 0.0590. The lowest BCUT2D eigenvalue weighted by Gasteiger charge is -2.05. The lowest BCUT2D eigenvalue weighted by molar-refractivity contribution is -0.113. The van der Waals surface area contributed by atoms with Crippen molar-refractivity contribution in [2.45, 2.75) is 0 Å². The highest BCUT2D eigenvalue weighted by Crippen LogP contribution is 2.13. The van der Waals surface area contributed by atoms with Crippen molar-refractivity contribution < 1.29 is 14.0 Å². The number of carbonyl (C=O) groups excluding carboxylic acids is 2. The molecule has 2 aromatic rings. The molecule has 1 N–H and O–H groups in total. The highest BCUT2D eigenvalue weighted by Gasteiger charge is 2.08. The Labute approximate surface area is 136 Å². The molecule has 3 nitrogen and oxygen atoms in total. The first-order valence-corrected chi connectivity index (χ1v) is 8.00. The summed E-state index contributed by atoms with van der Waals surface area (Å²) in [6.07, 6.45) is 0. The van der Waals surface area contributed by atoms with Crippen LogP contribution in [0.5, 0.6) is 0 Å². The molecule has 0 heterocycles. The number of anilines is 1. The van der Waals surface area contributed by atoms with Gasteiger partial charge in [-0.2, -0.15) is 0 Å². The molecule has 0 aromatic heterocycles. The maximum Gasteiger partial charge on any atom is 0.234 e. The molecule has 0 aliphatic rings. The first-order chi connectivity index (χ1) is 10.5. The van der Waals surface area contributed by atoms with Crippen molar-refractivity contribution in [3.8, 4) is 0 Å². The number of ketones is 1.